The van der Waals surface area contributed by atoms with Gasteiger partial charge in [-0.3, -0.25) is 0 Å². The number of nitrogens with one attached hydrogen (secondary N) is 2. The summed E-state index contributed by atoms with van der Waals surface area (Å²) in [5.74, 6) is 1.79. The lowest BCUT2D eigenvalue weighted by atomic mass is 10.0. The molecule has 0 atom stereocenters. The van der Waals surface area contributed by atoms with Crippen molar-refractivity contribution in [3.8, 4) is 28.4 Å². The fraction of sp³-hybridized carbons (Fsp3) is 0.421. The minimum Gasteiger partial charge on any atom is -0.493 e. The van der Waals surface area contributed by atoms with Gasteiger partial charge in [0.2, 0.25) is 5.75 Å². The molecule has 0 radical (unpaired) electrons. The quantitative estimate of drug-likeness (QED) is 0.278. The smallest absolute Gasteiger partial charge is 0.355 e. The zero-order valence-corrected chi connectivity index (χ0v) is 18.8. The molecule has 0 aliphatic rings. The van der Waals surface area contributed by atoms with Crippen LogP contribution in [-0.4, -0.2) is 51.2 Å². The van der Waals surface area contributed by atoms with Crippen molar-refractivity contribution >= 4 is 34.5 Å². The van der Waals surface area contributed by atoms with Crippen molar-refractivity contribution in [1.82, 2.24) is 10.3 Å². The molecule has 1 heterocycles. The summed E-state index contributed by atoms with van der Waals surface area (Å²) < 4.78 is 22.3. The van der Waals surface area contributed by atoms with Crippen LogP contribution in [0.3, 0.4) is 0 Å². The second-order valence-electron chi connectivity index (χ2n) is 5.67. The van der Waals surface area contributed by atoms with Crippen LogP contribution in [-0.2, 0) is 11.3 Å². The molecule has 0 unspecified atom stereocenters. The predicted octanol–water partition coefficient (Wildman–Crippen LogP) is 3.67. The molecule has 0 spiro atoms. The molecule has 0 saturated carbocycles. The molecule has 0 amide bonds. The van der Waals surface area contributed by atoms with Crippen LogP contribution in [0.1, 0.15) is 23.1 Å². The minimum absolute atomic E-state index is 0.284. The summed E-state index contributed by atoms with van der Waals surface area (Å²) in [6, 6.07) is 3.66. The van der Waals surface area contributed by atoms with E-state index in [0.717, 1.165) is 23.4 Å². The van der Waals surface area contributed by atoms with E-state index in [1.54, 1.807) is 34.3 Å². The molecule has 154 valence electrons. The number of esters is 1. The third kappa shape index (κ3) is 4.59. The van der Waals surface area contributed by atoms with Gasteiger partial charge in [-0.25, -0.2) is 4.79 Å². The van der Waals surface area contributed by atoms with E-state index < -0.39 is 5.97 Å². The Bertz CT molecular complexity index is 825. The van der Waals surface area contributed by atoms with Gasteiger partial charge in [-0.15, -0.1) is 0 Å². The maximum atomic E-state index is 12.4. The van der Waals surface area contributed by atoms with E-state index >= 15 is 0 Å². The molecule has 1 aromatic carbocycles. The van der Waals surface area contributed by atoms with E-state index in [0.29, 0.717) is 39.7 Å². The molecule has 0 saturated heterocycles. The highest BCUT2D eigenvalue weighted by molar-refractivity contribution is 9.10. The van der Waals surface area contributed by atoms with Gasteiger partial charge in [0.15, 0.2) is 11.5 Å². The average Bonchev–Trinajstić information content (AvgIpc) is 3.03. The second-order valence-corrected chi connectivity index (χ2v) is 6.91. The van der Waals surface area contributed by atoms with E-state index in [4.69, 9.17) is 18.9 Å². The Hall–Kier alpha value is -1.84. The van der Waals surface area contributed by atoms with Crippen LogP contribution >= 0.6 is 28.6 Å². The second kappa shape index (κ2) is 10.6. The van der Waals surface area contributed by atoms with Crippen LogP contribution in [0.5, 0.6) is 17.2 Å². The Kier molecular flexibility index (Phi) is 8.53. The van der Waals surface area contributed by atoms with Gasteiger partial charge in [-0.1, -0.05) is 0 Å². The summed E-state index contributed by atoms with van der Waals surface area (Å²) in [5, 5.41) is 3.28. The Morgan fingerprint density at radius 1 is 1.18 bits per heavy atom. The number of H-pyrrole nitrogens is 1. The molecule has 0 fully saturated rings. The molecule has 0 aliphatic carbocycles. The standard InChI is InChI=1S/C19H25BrN2O5S/c1-5-27-19(23)16-15(20)14(12(22-16)10-21-8-9-28)11-6-7-13(24-2)18(26-4)17(11)25-3/h6-7,21-22,28H,5,8-10H2,1-4H3. The summed E-state index contributed by atoms with van der Waals surface area (Å²) in [6.45, 7) is 3.27. The Labute approximate surface area is 178 Å². The number of aromatic amines is 1. The Morgan fingerprint density at radius 3 is 2.46 bits per heavy atom. The first-order chi connectivity index (χ1) is 13.5. The number of hydrogen-bond acceptors (Lipinski definition) is 7. The summed E-state index contributed by atoms with van der Waals surface area (Å²) in [5.41, 5.74) is 2.69. The molecule has 1 aromatic heterocycles. The molecule has 0 bridgehead atoms. The number of halogens is 1. The summed E-state index contributed by atoms with van der Waals surface area (Å²) in [7, 11) is 4.68. The van der Waals surface area contributed by atoms with Crippen molar-refractivity contribution in [2.75, 3.05) is 40.2 Å². The zero-order valence-electron chi connectivity index (χ0n) is 16.3. The van der Waals surface area contributed by atoms with E-state index in [1.807, 2.05) is 6.07 Å². The first-order valence-corrected chi connectivity index (χ1v) is 10.1. The number of ether oxygens (including phenoxy) is 4. The summed E-state index contributed by atoms with van der Waals surface area (Å²) in [4.78, 5) is 15.6. The fourth-order valence-corrected chi connectivity index (χ4v) is 3.75. The van der Waals surface area contributed by atoms with Crippen LogP contribution in [0.4, 0.5) is 0 Å². The van der Waals surface area contributed by atoms with Crippen LogP contribution in [0, 0.1) is 0 Å². The third-order valence-electron chi connectivity index (χ3n) is 4.06. The first kappa shape index (κ1) is 22.4. The molecular weight excluding hydrogens is 448 g/mol. The average molecular weight is 473 g/mol. The van der Waals surface area contributed by atoms with Gasteiger partial charge in [0.1, 0.15) is 5.69 Å². The van der Waals surface area contributed by atoms with Gasteiger partial charge in [0.25, 0.3) is 0 Å². The lowest BCUT2D eigenvalue weighted by Gasteiger charge is -2.16. The fourth-order valence-electron chi connectivity index (χ4n) is 2.87. The lowest BCUT2D eigenvalue weighted by molar-refractivity contribution is 0.0519. The summed E-state index contributed by atoms with van der Waals surface area (Å²) >= 11 is 7.78. The van der Waals surface area contributed by atoms with Gasteiger partial charge >= 0.3 is 5.97 Å². The number of benzene rings is 1. The summed E-state index contributed by atoms with van der Waals surface area (Å²) in [6.07, 6.45) is 0. The molecule has 2 N–H and O–H groups in total. The molecule has 0 aliphatic heterocycles. The normalized spacial score (nSPS) is 10.6. The largest absolute Gasteiger partial charge is 0.493 e. The third-order valence-corrected chi connectivity index (χ3v) is 5.08. The lowest BCUT2D eigenvalue weighted by Crippen LogP contribution is -2.16. The van der Waals surface area contributed by atoms with Crippen molar-refractivity contribution < 1.29 is 23.7 Å². The van der Waals surface area contributed by atoms with E-state index in [9.17, 15) is 4.79 Å². The topological polar surface area (TPSA) is 81.8 Å². The maximum absolute atomic E-state index is 12.4. The van der Waals surface area contributed by atoms with Crippen molar-refractivity contribution in [2.45, 2.75) is 13.5 Å². The molecule has 9 heteroatoms. The molecule has 7 nitrogen and oxygen atoms in total. The van der Waals surface area contributed by atoms with Crippen LogP contribution in [0.25, 0.3) is 11.1 Å². The van der Waals surface area contributed by atoms with Gasteiger partial charge in [-0.05, 0) is 35.0 Å². The van der Waals surface area contributed by atoms with Crippen molar-refractivity contribution in [2.24, 2.45) is 0 Å². The highest BCUT2D eigenvalue weighted by atomic mass is 79.9. The van der Waals surface area contributed by atoms with Crippen molar-refractivity contribution in [1.29, 1.82) is 0 Å². The van der Waals surface area contributed by atoms with Crippen LogP contribution in [0.2, 0.25) is 0 Å². The minimum atomic E-state index is -0.435. The van der Waals surface area contributed by atoms with Gasteiger partial charge in [-0.2, -0.15) is 12.6 Å². The van der Waals surface area contributed by atoms with E-state index in [1.165, 1.54) is 0 Å². The van der Waals surface area contributed by atoms with Gasteiger partial charge in [0, 0.05) is 35.7 Å². The van der Waals surface area contributed by atoms with Gasteiger partial charge < -0.3 is 29.2 Å². The monoisotopic (exact) mass is 472 g/mol. The highest BCUT2D eigenvalue weighted by Gasteiger charge is 2.26. The zero-order chi connectivity index (χ0) is 20.7. The van der Waals surface area contributed by atoms with E-state index in [-0.39, 0.29) is 6.61 Å². The Morgan fingerprint density at radius 2 is 1.89 bits per heavy atom. The van der Waals surface area contributed by atoms with Crippen LogP contribution < -0.4 is 19.5 Å². The Balaban J connectivity index is 2.67. The number of hydrogen-bond donors (Lipinski definition) is 3. The molecule has 2 aromatic rings. The van der Waals surface area contributed by atoms with Crippen molar-refractivity contribution in [3.63, 3.8) is 0 Å². The van der Waals surface area contributed by atoms with Crippen LogP contribution in [0.15, 0.2) is 16.6 Å². The number of carbonyl (C=O) groups is 1. The SMILES string of the molecule is CCOC(=O)c1[nH]c(CNCCS)c(-c2ccc(OC)c(OC)c2OC)c1Br. The first-order valence-electron chi connectivity index (χ1n) is 8.72. The number of rotatable bonds is 10. The van der Waals surface area contributed by atoms with Gasteiger partial charge in [0.05, 0.1) is 32.4 Å². The highest BCUT2D eigenvalue weighted by Crippen LogP contribution is 2.47. The van der Waals surface area contributed by atoms with E-state index in [2.05, 4.69) is 38.9 Å². The predicted molar refractivity (Wildman–Crippen MR) is 115 cm³/mol. The molecule has 28 heavy (non-hydrogen) atoms. The number of thiol groups is 1. The number of aromatic nitrogens is 1. The molecular formula is C19H25BrN2O5S. The number of carbonyl (C=O) groups excluding carboxylic acids is 1. The van der Waals surface area contributed by atoms with Crippen molar-refractivity contribution in [3.05, 3.63) is 28.0 Å². The maximum Gasteiger partial charge on any atom is 0.355 e. The molecule has 2 rings (SSSR count). The number of methoxy groups -OCH3 is 3.